The van der Waals surface area contributed by atoms with E-state index in [0.717, 1.165) is 38.9 Å². The van der Waals surface area contributed by atoms with Crippen LogP contribution in [0.3, 0.4) is 0 Å². The highest BCUT2D eigenvalue weighted by Crippen LogP contribution is 2.04. The Morgan fingerprint density at radius 1 is 0.800 bits per heavy atom. The van der Waals surface area contributed by atoms with E-state index in [1.807, 2.05) is 6.92 Å². The Morgan fingerprint density at radius 3 is 1.84 bits per heavy atom. The van der Waals surface area contributed by atoms with Crippen LogP contribution in [-0.4, -0.2) is 90.0 Å². The molecule has 0 saturated carbocycles. The Morgan fingerprint density at radius 2 is 1.32 bits per heavy atom. The van der Waals surface area contributed by atoms with Crippen molar-refractivity contribution < 1.29 is 28.5 Å². The Balaban J connectivity index is 2.17. The smallest absolute Gasteiger partial charge is 0.305 e. The number of hydrogen-bond acceptors (Lipinski definition) is 7. The van der Waals surface area contributed by atoms with Gasteiger partial charge in [-0.3, -0.25) is 9.69 Å². The first-order chi connectivity index (χ1) is 12.3. The molecule has 148 valence electrons. The number of unbranched alkanes of at least 4 members (excludes halogenated alkanes) is 2. The minimum Gasteiger partial charge on any atom is -0.466 e. The van der Waals surface area contributed by atoms with Gasteiger partial charge in [-0.25, -0.2) is 0 Å². The van der Waals surface area contributed by atoms with Crippen LogP contribution in [-0.2, 0) is 28.5 Å². The summed E-state index contributed by atoms with van der Waals surface area (Å²) >= 11 is 0. The molecule has 0 aliphatic carbocycles. The molecule has 7 nitrogen and oxygen atoms in total. The number of esters is 1. The third-order valence-corrected chi connectivity index (χ3v) is 3.88. The van der Waals surface area contributed by atoms with Crippen LogP contribution in [0.2, 0.25) is 0 Å². The van der Waals surface area contributed by atoms with E-state index in [4.69, 9.17) is 23.7 Å². The summed E-state index contributed by atoms with van der Waals surface area (Å²) in [6.07, 6.45) is 3.48. The summed E-state index contributed by atoms with van der Waals surface area (Å²) in [7, 11) is 0. The fraction of sp³-hybridized carbons (Fsp3) is 0.944. The molecule has 1 aliphatic rings. The van der Waals surface area contributed by atoms with Crippen LogP contribution in [0.5, 0.6) is 0 Å². The topological polar surface area (TPSA) is 66.5 Å². The minimum atomic E-state index is -0.0945. The molecule has 1 rings (SSSR count). The van der Waals surface area contributed by atoms with Crippen molar-refractivity contribution in [2.75, 3.05) is 79.1 Å². The van der Waals surface area contributed by atoms with Crippen molar-refractivity contribution in [3.63, 3.8) is 0 Å². The predicted octanol–water partition coefficient (Wildman–Crippen LogP) is 1.49. The lowest BCUT2D eigenvalue weighted by molar-refractivity contribution is -0.143. The maximum atomic E-state index is 11.3. The largest absolute Gasteiger partial charge is 0.466 e. The van der Waals surface area contributed by atoms with Crippen LogP contribution in [0.4, 0.5) is 0 Å². The van der Waals surface area contributed by atoms with Crippen molar-refractivity contribution in [3.05, 3.63) is 0 Å². The molecule has 0 aromatic carbocycles. The number of rotatable bonds is 7. The van der Waals surface area contributed by atoms with Crippen molar-refractivity contribution in [2.24, 2.45) is 0 Å². The second-order valence-corrected chi connectivity index (χ2v) is 5.91. The minimum absolute atomic E-state index is 0.0945. The van der Waals surface area contributed by atoms with Crippen molar-refractivity contribution in [2.45, 2.75) is 32.6 Å². The van der Waals surface area contributed by atoms with Gasteiger partial charge in [0.05, 0.1) is 59.5 Å². The summed E-state index contributed by atoms with van der Waals surface area (Å²) in [5, 5.41) is 0. The van der Waals surface area contributed by atoms with E-state index in [9.17, 15) is 4.79 Å². The lowest BCUT2D eigenvalue weighted by atomic mass is 10.2. The van der Waals surface area contributed by atoms with Gasteiger partial charge in [0.1, 0.15) is 0 Å². The highest BCUT2D eigenvalue weighted by molar-refractivity contribution is 5.69. The zero-order valence-electron chi connectivity index (χ0n) is 15.7. The second-order valence-electron chi connectivity index (χ2n) is 5.91. The lowest BCUT2D eigenvalue weighted by Gasteiger charge is -2.22. The molecule has 0 atom stereocenters. The van der Waals surface area contributed by atoms with Crippen molar-refractivity contribution >= 4 is 5.97 Å². The molecule has 0 radical (unpaired) electrons. The van der Waals surface area contributed by atoms with Gasteiger partial charge in [0, 0.05) is 19.5 Å². The molecule has 0 unspecified atom stereocenters. The summed E-state index contributed by atoms with van der Waals surface area (Å²) in [6, 6.07) is 0. The Labute approximate surface area is 151 Å². The van der Waals surface area contributed by atoms with Crippen LogP contribution >= 0.6 is 0 Å². The maximum Gasteiger partial charge on any atom is 0.305 e. The summed E-state index contributed by atoms with van der Waals surface area (Å²) in [4.78, 5) is 13.7. The predicted molar refractivity (Wildman–Crippen MR) is 94.8 cm³/mol. The van der Waals surface area contributed by atoms with Gasteiger partial charge in [0.2, 0.25) is 0 Å². The number of nitrogens with zero attached hydrogens (tertiary/aromatic N) is 1. The first kappa shape index (κ1) is 22.3. The fourth-order valence-corrected chi connectivity index (χ4v) is 2.50. The average molecular weight is 361 g/mol. The zero-order valence-corrected chi connectivity index (χ0v) is 15.7. The molecule has 0 N–H and O–H groups in total. The highest BCUT2D eigenvalue weighted by Gasteiger charge is 2.07. The maximum absolute atomic E-state index is 11.3. The molecule has 1 fully saturated rings. The molecule has 0 aromatic heterocycles. The first-order valence-electron chi connectivity index (χ1n) is 9.52. The van der Waals surface area contributed by atoms with Crippen LogP contribution in [0.25, 0.3) is 0 Å². The molecule has 0 spiro atoms. The van der Waals surface area contributed by atoms with Crippen LogP contribution < -0.4 is 0 Å². The Hall–Kier alpha value is -0.730. The number of ether oxygens (including phenoxy) is 5. The quantitative estimate of drug-likeness (QED) is 0.503. The Kier molecular flexibility index (Phi) is 14.9. The van der Waals surface area contributed by atoms with Gasteiger partial charge >= 0.3 is 5.97 Å². The number of carbonyl (C=O) groups is 1. The van der Waals surface area contributed by atoms with E-state index in [-0.39, 0.29) is 5.97 Å². The van der Waals surface area contributed by atoms with E-state index in [2.05, 4.69) is 4.90 Å². The summed E-state index contributed by atoms with van der Waals surface area (Å²) in [5.41, 5.74) is 0. The van der Waals surface area contributed by atoms with E-state index in [1.165, 1.54) is 0 Å². The van der Waals surface area contributed by atoms with E-state index >= 15 is 0 Å². The summed E-state index contributed by atoms with van der Waals surface area (Å²) < 4.78 is 27.0. The molecule has 0 bridgehead atoms. The first-order valence-corrected chi connectivity index (χ1v) is 9.52. The van der Waals surface area contributed by atoms with Crippen LogP contribution in [0, 0.1) is 0 Å². The third-order valence-electron chi connectivity index (χ3n) is 3.88. The standard InChI is InChI=1S/C18H35NO6/c1-2-25-18(20)6-4-3-5-7-19-8-10-21-12-14-23-16-17-24-15-13-22-11-9-19/h2-17H2,1H3. The van der Waals surface area contributed by atoms with Gasteiger partial charge in [-0.05, 0) is 26.3 Å². The zero-order chi connectivity index (χ0) is 18.0. The highest BCUT2D eigenvalue weighted by atomic mass is 16.6. The third kappa shape index (κ3) is 14.2. The summed E-state index contributed by atoms with van der Waals surface area (Å²) in [5.74, 6) is -0.0945. The number of hydrogen-bond donors (Lipinski definition) is 0. The fourth-order valence-electron chi connectivity index (χ4n) is 2.50. The molecule has 7 heteroatoms. The van der Waals surface area contributed by atoms with Crippen LogP contribution in [0.15, 0.2) is 0 Å². The van der Waals surface area contributed by atoms with Gasteiger partial charge in [-0.2, -0.15) is 0 Å². The second kappa shape index (κ2) is 16.7. The molecular weight excluding hydrogens is 326 g/mol. The van der Waals surface area contributed by atoms with Crippen molar-refractivity contribution in [3.8, 4) is 0 Å². The molecule has 25 heavy (non-hydrogen) atoms. The van der Waals surface area contributed by atoms with Gasteiger partial charge < -0.3 is 23.7 Å². The molecule has 0 aromatic rings. The van der Waals surface area contributed by atoms with Crippen LogP contribution in [0.1, 0.15) is 32.6 Å². The molecular formula is C18H35NO6. The SMILES string of the molecule is CCOC(=O)CCCCCN1CCOCCOCCOCCOCC1. The monoisotopic (exact) mass is 361 g/mol. The van der Waals surface area contributed by atoms with Gasteiger partial charge in [-0.15, -0.1) is 0 Å². The van der Waals surface area contributed by atoms with E-state index < -0.39 is 0 Å². The lowest BCUT2D eigenvalue weighted by Crippen LogP contribution is -2.32. The van der Waals surface area contributed by atoms with Gasteiger partial charge in [-0.1, -0.05) is 6.42 Å². The van der Waals surface area contributed by atoms with E-state index in [0.29, 0.717) is 65.9 Å². The van der Waals surface area contributed by atoms with Crippen molar-refractivity contribution in [1.82, 2.24) is 4.90 Å². The Bertz CT molecular complexity index is 300. The van der Waals surface area contributed by atoms with Crippen molar-refractivity contribution in [1.29, 1.82) is 0 Å². The molecule has 0 amide bonds. The van der Waals surface area contributed by atoms with E-state index in [1.54, 1.807) is 0 Å². The van der Waals surface area contributed by atoms with Gasteiger partial charge in [0.25, 0.3) is 0 Å². The molecule has 1 heterocycles. The van der Waals surface area contributed by atoms with Gasteiger partial charge in [0.15, 0.2) is 0 Å². The number of carbonyl (C=O) groups excluding carboxylic acids is 1. The normalized spacial score (nSPS) is 19.7. The average Bonchev–Trinajstić information content (AvgIpc) is 2.61. The molecule has 1 saturated heterocycles. The summed E-state index contributed by atoms with van der Waals surface area (Å²) in [6.45, 7) is 10.1. The molecule has 1 aliphatic heterocycles.